The van der Waals surface area contributed by atoms with Crippen LogP contribution in [0.2, 0.25) is 0 Å². The first kappa shape index (κ1) is 25.6. The normalized spacial score (nSPS) is 22.7. The van der Waals surface area contributed by atoms with E-state index in [-0.39, 0.29) is 42.0 Å². The monoisotopic (exact) mass is 543 g/mol. The Balaban J connectivity index is 1.18. The summed E-state index contributed by atoms with van der Waals surface area (Å²) < 4.78 is 55.5. The van der Waals surface area contributed by atoms with Crippen molar-refractivity contribution in [2.24, 2.45) is 5.84 Å². The molecule has 1 aromatic carbocycles. The average Bonchev–Trinajstić information content (AvgIpc) is 3.62. The van der Waals surface area contributed by atoms with Crippen LogP contribution in [0.4, 0.5) is 19.0 Å². The lowest BCUT2D eigenvalue weighted by molar-refractivity contribution is -0.274. The molecule has 1 saturated carbocycles. The van der Waals surface area contributed by atoms with Crippen molar-refractivity contribution < 1.29 is 32.0 Å². The number of halogens is 3. The lowest BCUT2D eigenvalue weighted by Crippen LogP contribution is -2.46. The molecule has 1 amide bonds. The summed E-state index contributed by atoms with van der Waals surface area (Å²) in [7, 11) is 0. The molecule has 2 unspecified atom stereocenters. The number of nitrogen functional groups attached to an aromatic ring is 1. The summed E-state index contributed by atoms with van der Waals surface area (Å²) >= 11 is 0. The van der Waals surface area contributed by atoms with Crippen molar-refractivity contribution in [3.8, 4) is 17.0 Å². The average molecular weight is 544 g/mol. The number of para-hydroxylation sites is 1. The lowest BCUT2D eigenvalue weighted by Gasteiger charge is -2.39. The zero-order chi connectivity index (χ0) is 27.1. The van der Waals surface area contributed by atoms with Crippen molar-refractivity contribution >= 4 is 11.7 Å². The highest BCUT2D eigenvalue weighted by Crippen LogP contribution is 2.46. The van der Waals surface area contributed by atoms with Gasteiger partial charge in [0.15, 0.2) is 0 Å². The molecular formula is C27H28F3N5O4. The summed E-state index contributed by atoms with van der Waals surface area (Å²) in [6.45, 7) is 0.191. The summed E-state index contributed by atoms with van der Waals surface area (Å²) in [5.41, 5.74) is 3.72. The van der Waals surface area contributed by atoms with E-state index in [1.165, 1.54) is 18.3 Å². The minimum atomic E-state index is -4.82. The number of hydrogen-bond acceptors (Lipinski definition) is 8. The van der Waals surface area contributed by atoms with E-state index < -0.39 is 12.3 Å². The van der Waals surface area contributed by atoms with Gasteiger partial charge in [-0.15, -0.1) is 13.2 Å². The maximum absolute atomic E-state index is 13.1. The zero-order valence-corrected chi connectivity index (χ0v) is 21.0. The molecule has 3 N–H and O–H groups in total. The Labute approximate surface area is 222 Å². The molecule has 4 heterocycles. The largest absolute Gasteiger partial charge is 0.573 e. The van der Waals surface area contributed by atoms with E-state index in [1.54, 1.807) is 18.2 Å². The van der Waals surface area contributed by atoms with Crippen molar-refractivity contribution in [2.45, 2.75) is 75.6 Å². The van der Waals surface area contributed by atoms with Crippen LogP contribution >= 0.6 is 0 Å². The fourth-order valence-corrected chi connectivity index (χ4v) is 5.81. The topological polar surface area (TPSA) is 116 Å². The number of anilines is 1. The molecule has 3 fully saturated rings. The van der Waals surface area contributed by atoms with E-state index in [4.69, 9.17) is 15.1 Å². The number of carbonyl (C=O) groups is 1. The van der Waals surface area contributed by atoms with Gasteiger partial charge < -0.3 is 18.9 Å². The maximum atomic E-state index is 13.1. The highest BCUT2D eigenvalue weighted by molar-refractivity contribution is 5.93. The minimum absolute atomic E-state index is 0.0301. The van der Waals surface area contributed by atoms with Crippen molar-refractivity contribution in [3.05, 3.63) is 59.5 Å². The number of nitrogens with two attached hydrogens (primary N) is 1. The number of alkyl halides is 3. The quantitative estimate of drug-likeness (QED) is 0.236. The number of hydrogen-bond donors (Lipinski definition) is 2. The SMILES string of the molecule is NNC(=O)c1ccc(N2C3CCC2CC(OCc2c(-c4ccccc4OC(F)(F)F)noc2C2CC2)C3)nc1. The Morgan fingerprint density at radius 2 is 1.85 bits per heavy atom. The number of nitrogens with zero attached hydrogens (tertiary/aromatic N) is 3. The molecular weight excluding hydrogens is 515 g/mol. The Hall–Kier alpha value is -3.64. The van der Waals surface area contributed by atoms with Crippen LogP contribution in [0.5, 0.6) is 5.75 Å². The van der Waals surface area contributed by atoms with Crippen LogP contribution in [0, 0.1) is 0 Å². The molecule has 0 spiro atoms. The van der Waals surface area contributed by atoms with Crippen LogP contribution in [-0.4, -0.2) is 40.6 Å². The third kappa shape index (κ3) is 5.30. The predicted molar refractivity (Wildman–Crippen MR) is 134 cm³/mol. The van der Waals surface area contributed by atoms with Gasteiger partial charge in [-0.2, -0.15) is 0 Å². The standard InChI is InChI=1S/C27H28F3N5O4/c28-27(29,30)38-22-4-2-1-3-20(22)24-21(25(39-34-24)15-5-6-15)14-37-19-11-17-8-9-18(12-19)35(17)23-10-7-16(13-32-23)26(36)33-31/h1-4,7,10,13,15,17-19H,5-6,8-9,11-12,14,31H2,(H,33,36). The molecule has 2 bridgehead atoms. The van der Waals surface area contributed by atoms with Gasteiger partial charge in [0.1, 0.15) is 23.0 Å². The lowest BCUT2D eigenvalue weighted by atomic mass is 9.99. The third-order valence-electron chi connectivity index (χ3n) is 7.69. The van der Waals surface area contributed by atoms with Crippen molar-refractivity contribution in [1.82, 2.24) is 15.6 Å². The second-order valence-corrected chi connectivity index (χ2v) is 10.3. The van der Waals surface area contributed by atoms with Crippen LogP contribution < -0.4 is 20.9 Å². The number of piperidine rings is 1. The van der Waals surface area contributed by atoms with E-state index in [2.05, 4.69) is 25.2 Å². The van der Waals surface area contributed by atoms with Gasteiger partial charge in [-0.3, -0.25) is 10.2 Å². The fourth-order valence-electron chi connectivity index (χ4n) is 5.81. The van der Waals surface area contributed by atoms with E-state index in [1.807, 2.05) is 6.07 Å². The van der Waals surface area contributed by atoms with Gasteiger partial charge in [0.25, 0.3) is 5.91 Å². The third-order valence-corrected chi connectivity index (χ3v) is 7.69. The van der Waals surface area contributed by atoms with Crippen LogP contribution in [-0.2, 0) is 11.3 Å². The molecule has 0 radical (unpaired) electrons. The number of rotatable bonds is 8. The smallest absolute Gasteiger partial charge is 0.405 e. The molecule has 2 atom stereocenters. The number of pyridine rings is 1. The van der Waals surface area contributed by atoms with Crippen molar-refractivity contribution in [2.75, 3.05) is 4.90 Å². The second kappa shape index (κ2) is 10.2. The molecule has 2 aliphatic heterocycles. The van der Waals surface area contributed by atoms with Gasteiger partial charge in [-0.05, 0) is 62.8 Å². The summed E-state index contributed by atoms with van der Waals surface area (Å²) in [6.07, 6.45) is 2.15. The first-order valence-corrected chi connectivity index (χ1v) is 13.0. The Morgan fingerprint density at radius 3 is 2.49 bits per heavy atom. The van der Waals surface area contributed by atoms with Gasteiger partial charge >= 0.3 is 6.36 Å². The van der Waals surface area contributed by atoms with Gasteiger partial charge in [0.05, 0.1) is 18.3 Å². The van der Waals surface area contributed by atoms with E-state index in [0.29, 0.717) is 22.6 Å². The van der Waals surface area contributed by atoms with Gasteiger partial charge in [-0.25, -0.2) is 10.8 Å². The highest BCUT2D eigenvalue weighted by Gasteiger charge is 2.42. The second-order valence-electron chi connectivity index (χ2n) is 10.3. The predicted octanol–water partition coefficient (Wildman–Crippen LogP) is 4.83. The molecule has 3 aromatic rings. The number of ether oxygens (including phenoxy) is 2. The molecule has 2 saturated heterocycles. The molecule has 6 rings (SSSR count). The van der Waals surface area contributed by atoms with Gasteiger partial charge in [0, 0.05) is 35.3 Å². The van der Waals surface area contributed by atoms with E-state index in [9.17, 15) is 18.0 Å². The van der Waals surface area contributed by atoms with Crippen LogP contribution in [0.1, 0.15) is 66.1 Å². The number of amides is 1. The number of nitrogens with one attached hydrogen (secondary N) is 1. The van der Waals surface area contributed by atoms with Crippen LogP contribution in [0.3, 0.4) is 0 Å². The summed E-state index contributed by atoms with van der Waals surface area (Å²) in [4.78, 5) is 18.5. The van der Waals surface area contributed by atoms with Crippen molar-refractivity contribution in [3.63, 3.8) is 0 Å². The molecule has 12 heteroatoms. The summed E-state index contributed by atoms with van der Waals surface area (Å²) in [5, 5.41) is 4.17. The highest BCUT2D eigenvalue weighted by atomic mass is 19.4. The number of fused-ring (bicyclic) bond motifs is 2. The first-order chi connectivity index (χ1) is 18.8. The van der Waals surface area contributed by atoms with E-state index >= 15 is 0 Å². The Morgan fingerprint density at radius 1 is 1.10 bits per heavy atom. The first-order valence-electron chi connectivity index (χ1n) is 13.0. The molecule has 206 valence electrons. The van der Waals surface area contributed by atoms with Crippen LogP contribution in [0.25, 0.3) is 11.3 Å². The summed E-state index contributed by atoms with van der Waals surface area (Å²) in [5.74, 6) is 6.19. The Kier molecular flexibility index (Phi) is 6.67. The minimum Gasteiger partial charge on any atom is -0.405 e. The number of benzene rings is 1. The molecule has 1 aliphatic carbocycles. The van der Waals surface area contributed by atoms with Gasteiger partial charge in [0.2, 0.25) is 0 Å². The maximum Gasteiger partial charge on any atom is 0.573 e. The fraction of sp³-hybridized carbons (Fsp3) is 0.444. The van der Waals surface area contributed by atoms with Gasteiger partial charge in [-0.1, -0.05) is 17.3 Å². The number of carbonyl (C=O) groups excluding carboxylic acids is 1. The summed E-state index contributed by atoms with van der Waals surface area (Å²) in [6, 6.07) is 9.97. The molecule has 2 aromatic heterocycles. The van der Waals surface area contributed by atoms with Crippen molar-refractivity contribution in [1.29, 1.82) is 0 Å². The molecule has 9 nitrogen and oxygen atoms in total. The van der Waals surface area contributed by atoms with Crippen LogP contribution in [0.15, 0.2) is 47.1 Å². The number of hydrazine groups is 1. The zero-order valence-electron chi connectivity index (χ0n) is 21.0. The molecule has 39 heavy (non-hydrogen) atoms. The Bertz CT molecular complexity index is 1330. The molecule has 3 aliphatic rings. The number of aromatic nitrogens is 2. The van der Waals surface area contributed by atoms with E-state index in [0.717, 1.165) is 44.3 Å².